The number of ketones is 1. The van der Waals surface area contributed by atoms with Crippen LogP contribution in [0.3, 0.4) is 0 Å². The van der Waals surface area contributed by atoms with Gasteiger partial charge in [-0.3, -0.25) is 19.1 Å². The molecule has 4 heterocycles. The molecule has 0 saturated carbocycles. The van der Waals surface area contributed by atoms with Gasteiger partial charge in [-0.15, -0.1) is 0 Å². The van der Waals surface area contributed by atoms with Crippen LogP contribution < -0.4 is 16.9 Å². The van der Waals surface area contributed by atoms with E-state index in [2.05, 4.69) is 41.3 Å². The number of benzene rings is 1. The molecule has 45 heavy (non-hydrogen) atoms. The van der Waals surface area contributed by atoms with Gasteiger partial charge in [-0.05, 0) is 59.1 Å². The maximum absolute atomic E-state index is 16.3. The van der Waals surface area contributed by atoms with Crippen molar-refractivity contribution >= 4 is 50.2 Å². The van der Waals surface area contributed by atoms with E-state index in [0.29, 0.717) is 26.9 Å². The van der Waals surface area contributed by atoms with Crippen LogP contribution in [0.1, 0.15) is 35.2 Å². The lowest BCUT2D eigenvalue weighted by Gasteiger charge is -2.25. The summed E-state index contributed by atoms with van der Waals surface area (Å²) in [7, 11) is 0. The minimum absolute atomic E-state index is 0.173. The zero-order chi connectivity index (χ0) is 32.5. The largest absolute Gasteiger partial charge is 0.403 e. The van der Waals surface area contributed by atoms with Crippen LogP contribution in [0.4, 0.5) is 10.2 Å². The number of carbonyl (C=O) groups excluding carboxylic acids is 3. The zero-order valence-corrected chi connectivity index (χ0v) is 26.5. The number of nitrogens with zero attached hydrogens (tertiary/aromatic N) is 7. The number of nitrogens with one attached hydrogen (secondary N) is 1. The average Bonchev–Trinajstić information content (AvgIpc) is 3.53. The molecule has 0 spiro atoms. The topological polar surface area (TPSA) is 178 Å². The molecule has 15 heteroatoms. The smallest absolute Gasteiger partial charge is 0.248 e. The summed E-state index contributed by atoms with van der Waals surface area (Å²) in [6, 6.07) is 7.67. The van der Waals surface area contributed by atoms with Crippen LogP contribution in [-0.2, 0) is 16.1 Å². The monoisotopic (exact) mass is 678 g/mol. The van der Waals surface area contributed by atoms with Crippen molar-refractivity contribution in [1.29, 1.82) is 0 Å². The Hall–Kier alpha value is -4.76. The number of fused-ring (bicyclic) bond motifs is 1. The molecule has 3 aromatic heterocycles. The molecule has 1 fully saturated rings. The number of hydrogen-bond donors (Lipinski definition) is 3. The summed E-state index contributed by atoms with van der Waals surface area (Å²) >= 11 is 3.29. The predicted molar refractivity (Wildman–Crippen MR) is 169 cm³/mol. The maximum Gasteiger partial charge on any atom is 0.248 e. The molecule has 2 amide bonds. The van der Waals surface area contributed by atoms with Gasteiger partial charge < -0.3 is 21.0 Å². The van der Waals surface area contributed by atoms with Crippen LogP contribution >= 0.6 is 15.9 Å². The van der Waals surface area contributed by atoms with Crippen molar-refractivity contribution in [2.24, 2.45) is 11.6 Å². The van der Waals surface area contributed by atoms with Gasteiger partial charge in [-0.1, -0.05) is 12.1 Å². The molecule has 5 rings (SSSR count). The van der Waals surface area contributed by atoms with Gasteiger partial charge in [0.1, 0.15) is 40.2 Å². The quantitative estimate of drug-likeness (QED) is 0.103. The van der Waals surface area contributed by atoms with Gasteiger partial charge in [-0.2, -0.15) is 5.10 Å². The number of nitrogens with two attached hydrogens (primary N) is 2. The molecular weight excluding hydrogens is 647 g/mol. The third kappa shape index (κ3) is 6.83. The van der Waals surface area contributed by atoms with E-state index in [1.54, 1.807) is 50.5 Å². The Morgan fingerprint density at radius 2 is 1.91 bits per heavy atom. The van der Waals surface area contributed by atoms with Crippen molar-refractivity contribution < 1.29 is 18.8 Å². The number of aromatic nitrogens is 5. The summed E-state index contributed by atoms with van der Waals surface area (Å²) in [5.74, 6) is 5.33. The highest BCUT2D eigenvalue weighted by Gasteiger charge is 2.50. The highest BCUT2D eigenvalue weighted by Crippen LogP contribution is 2.33. The Labute approximate surface area is 266 Å². The van der Waals surface area contributed by atoms with Crippen LogP contribution in [0, 0.1) is 13.8 Å². The number of Topliss-reactive ketones (excluding diaryl/α,β-unsaturated/α-hetero) is 1. The molecule has 0 bridgehead atoms. The van der Waals surface area contributed by atoms with Gasteiger partial charge in [0, 0.05) is 49.1 Å². The molecule has 5 N–H and O–H groups in total. The van der Waals surface area contributed by atoms with E-state index in [1.165, 1.54) is 28.9 Å². The summed E-state index contributed by atoms with van der Waals surface area (Å²) in [6.07, 6.45) is 5.52. The molecule has 4 aromatic rings. The van der Waals surface area contributed by atoms with Crippen molar-refractivity contribution in [2.75, 3.05) is 18.4 Å². The van der Waals surface area contributed by atoms with Gasteiger partial charge in [0.05, 0.1) is 18.6 Å². The molecule has 13 nitrogen and oxygen atoms in total. The summed E-state index contributed by atoms with van der Waals surface area (Å²) in [4.78, 5) is 54.0. The second-order valence-electron chi connectivity index (χ2n) is 11.0. The molecule has 234 valence electrons. The Morgan fingerprint density at radius 3 is 2.60 bits per heavy atom. The minimum atomic E-state index is -2.03. The van der Waals surface area contributed by atoms with Crippen LogP contribution in [0.2, 0.25) is 0 Å². The Morgan fingerprint density at radius 1 is 1.18 bits per heavy atom. The first kappa shape index (κ1) is 31.7. The van der Waals surface area contributed by atoms with Crippen molar-refractivity contribution in [3.05, 3.63) is 76.8 Å². The Bertz CT molecular complexity index is 1810. The lowest BCUT2D eigenvalue weighted by molar-refractivity contribution is -0.137. The first-order valence-corrected chi connectivity index (χ1v) is 14.8. The molecule has 0 radical (unpaired) electrons. The van der Waals surface area contributed by atoms with Crippen LogP contribution in [-0.4, -0.2) is 77.0 Å². The van der Waals surface area contributed by atoms with Crippen molar-refractivity contribution in [2.45, 2.75) is 45.4 Å². The van der Waals surface area contributed by atoms with Gasteiger partial charge in [-0.25, -0.2) is 25.2 Å². The van der Waals surface area contributed by atoms with E-state index in [9.17, 15) is 14.4 Å². The fraction of sp³-hybridized carbons (Fsp3) is 0.300. The van der Waals surface area contributed by atoms with E-state index < -0.39 is 30.1 Å². The van der Waals surface area contributed by atoms with E-state index in [-0.39, 0.29) is 36.8 Å². The lowest BCUT2D eigenvalue weighted by Crippen LogP contribution is -2.46. The first-order valence-electron chi connectivity index (χ1n) is 14.0. The van der Waals surface area contributed by atoms with E-state index in [1.807, 2.05) is 6.07 Å². The number of rotatable bonds is 9. The third-order valence-electron chi connectivity index (χ3n) is 7.54. The Balaban J connectivity index is 1.46. The molecule has 1 aliphatic rings. The standard InChI is InChI=1S/C30H32BrFN10O3/c1-17-4-7-25(31)37-28(17)38-29(45)24-11-30(32,15-40(34)9-8-33)16-41(24)26(44)14-42-23-6-5-20(21-12-35-19(3)36-13-21)10-22(23)27(39-42)18(2)43/h4-10,12-13,24H,11,14-16,33-34H2,1-3H3,(H,37,38,45)/b9-8-/t24-,30+/m0/s1. The summed E-state index contributed by atoms with van der Waals surface area (Å²) in [6.45, 7) is 3.87. The predicted octanol–water partition coefficient (Wildman–Crippen LogP) is 3.02. The van der Waals surface area contributed by atoms with Gasteiger partial charge >= 0.3 is 0 Å². The summed E-state index contributed by atoms with van der Waals surface area (Å²) in [5.41, 5.74) is 6.27. The number of amides is 2. The fourth-order valence-electron chi connectivity index (χ4n) is 5.37. The molecule has 1 aliphatic heterocycles. The van der Waals surface area contributed by atoms with Crippen molar-refractivity contribution in [3.8, 4) is 11.1 Å². The lowest BCUT2D eigenvalue weighted by atomic mass is 10.0. The average molecular weight is 680 g/mol. The van der Waals surface area contributed by atoms with Crippen LogP contribution in [0.15, 0.2) is 59.7 Å². The van der Waals surface area contributed by atoms with E-state index in [0.717, 1.165) is 16.1 Å². The number of pyridine rings is 1. The number of hydrazine groups is 1. The normalized spacial score (nSPS) is 18.1. The number of halogens is 2. The maximum atomic E-state index is 16.3. The van der Waals surface area contributed by atoms with Crippen molar-refractivity contribution in [3.63, 3.8) is 0 Å². The van der Waals surface area contributed by atoms with E-state index >= 15 is 4.39 Å². The molecule has 0 aliphatic carbocycles. The van der Waals surface area contributed by atoms with Crippen LogP contribution in [0.5, 0.6) is 0 Å². The highest BCUT2D eigenvalue weighted by atomic mass is 79.9. The first-order chi connectivity index (χ1) is 21.4. The summed E-state index contributed by atoms with van der Waals surface area (Å²) in [5, 5.41) is 8.78. The van der Waals surface area contributed by atoms with Crippen molar-refractivity contribution in [1.82, 2.24) is 34.6 Å². The number of aryl methyl sites for hydroxylation is 2. The molecule has 0 unspecified atom stereocenters. The fourth-order valence-corrected chi connectivity index (χ4v) is 5.68. The second-order valence-corrected chi connectivity index (χ2v) is 11.8. The number of likely N-dealkylation sites (tertiary alicyclic amines) is 1. The molecule has 2 atom stereocenters. The molecule has 1 aromatic carbocycles. The number of anilines is 1. The zero-order valence-electron chi connectivity index (χ0n) is 24.9. The SMILES string of the molecule is CC(=O)c1nn(CC(=O)N2C[C@](F)(CN(N)/C=C\N)C[C@H]2C(=O)Nc2nc(Br)ccc2C)c2ccc(-c3cnc(C)nc3)cc12. The number of alkyl halides is 1. The van der Waals surface area contributed by atoms with Crippen LogP contribution in [0.25, 0.3) is 22.0 Å². The highest BCUT2D eigenvalue weighted by molar-refractivity contribution is 9.10. The minimum Gasteiger partial charge on any atom is -0.403 e. The summed E-state index contributed by atoms with van der Waals surface area (Å²) < 4.78 is 18.1. The van der Waals surface area contributed by atoms with E-state index in [4.69, 9.17) is 11.6 Å². The molecule has 1 saturated heterocycles. The second kappa shape index (κ2) is 12.7. The molecular formula is C30H32BrFN10O3. The van der Waals surface area contributed by atoms with Gasteiger partial charge in [0.15, 0.2) is 5.78 Å². The van der Waals surface area contributed by atoms with Gasteiger partial charge in [0.25, 0.3) is 0 Å². The number of carbonyl (C=O) groups is 3. The van der Waals surface area contributed by atoms with Gasteiger partial charge in [0.2, 0.25) is 11.8 Å². The third-order valence-corrected chi connectivity index (χ3v) is 7.99. The number of hydrogen-bond acceptors (Lipinski definition) is 10. The Kier molecular flexibility index (Phi) is 8.93.